The van der Waals surface area contributed by atoms with Crippen molar-refractivity contribution in [2.75, 3.05) is 13.2 Å². The highest BCUT2D eigenvalue weighted by Crippen LogP contribution is 2.41. The smallest absolute Gasteiger partial charge is 0.396 e. The third-order valence-electron chi connectivity index (χ3n) is 2.52. The average molecular weight is 326 g/mol. The van der Waals surface area contributed by atoms with Gasteiger partial charge in [0.2, 0.25) is 0 Å². The van der Waals surface area contributed by atoms with Crippen LogP contribution in [0.4, 0.5) is 26.3 Å². The highest BCUT2D eigenvalue weighted by atomic mass is 19.3. The maximum Gasteiger partial charge on any atom is 0.452 e. The first kappa shape index (κ1) is 20.5. The van der Waals surface area contributed by atoms with Crippen LogP contribution in [0.15, 0.2) is 0 Å². The van der Waals surface area contributed by atoms with E-state index < -0.39 is 31.4 Å². The molecule has 0 atom stereocenters. The van der Waals surface area contributed by atoms with E-state index in [0.29, 0.717) is 6.42 Å². The molecule has 0 unspecified atom stereocenters. The predicted molar refractivity (Wildman–Crippen MR) is 62.3 cm³/mol. The number of rotatable bonds is 12. The summed E-state index contributed by atoms with van der Waals surface area (Å²) in [5.41, 5.74) is 0. The Kier molecular flexibility index (Phi) is 8.57. The third-order valence-corrected chi connectivity index (χ3v) is 2.52. The molecule has 0 fully saturated rings. The largest absolute Gasteiger partial charge is 0.452 e. The van der Waals surface area contributed by atoms with Crippen molar-refractivity contribution < 1.29 is 40.9 Å². The molecule has 0 aromatic carbocycles. The van der Waals surface area contributed by atoms with Gasteiger partial charge in [0.05, 0.1) is 6.61 Å². The molecule has 0 aromatic heterocycles. The minimum atomic E-state index is -5.43. The van der Waals surface area contributed by atoms with E-state index in [2.05, 4.69) is 9.47 Å². The van der Waals surface area contributed by atoms with Crippen molar-refractivity contribution in [2.45, 2.75) is 63.8 Å². The number of aliphatic hydroxyl groups is 1. The fourth-order valence-corrected chi connectivity index (χ4v) is 1.35. The molecule has 0 aromatic rings. The van der Waals surface area contributed by atoms with Gasteiger partial charge in [-0.05, 0) is 19.3 Å². The van der Waals surface area contributed by atoms with E-state index in [1.165, 1.54) is 0 Å². The Bertz CT molecular complexity index is 286. The van der Waals surface area contributed by atoms with Gasteiger partial charge in [-0.25, -0.2) is 4.74 Å². The maximum atomic E-state index is 13.1. The number of hydrogen-bond donors (Lipinski definition) is 1. The van der Waals surface area contributed by atoms with Crippen molar-refractivity contribution in [3.8, 4) is 0 Å². The minimum absolute atomic E-state index is 0.0865. The molecule has 128 valence electrons. The van der Waals surface area contributed by atoms with Crippen molar-refractivity contribution in [1.29, 1.82) is 0 Å². The quantitative estimate of drug-likeness (QED) is 0.432. The molecule has 0 heterocycles. The molecule has 3 nitrogen and oxygen atoms in total. The third kappa shape index (κ3) is 7.87. The second kappa shape index (κ2) is 8.79. The second-order valence-electron chi connectivity index (χ2n) is 4.51. The molecule has 21 heavy (non-hydrogen) atoms. The number of hydrogen-bond acceptors (Lipinski definition) is 3. The minimum Gasteiger partial charge on any atom is -0.396 e. The fourth-order valence-electron chi connectivity index (χ4n) is 1.35. The van der Waals surface area contributed by atoms with Gasteiger partial charge in [-0.15, -0.1) is 0 Å². The lowest BCUT2D eigenvalue weighted by Gasteiger charge is -2.29. The lowest BCUT2D eigenvalue weighted by Crippen LogP contribution is -2.49. The van der Waals surface area contributed by atoms with Crippen LogP contribution >= 0.6 is 0 Å². The Morgan fingerprint density at radius 1 is 0.857 bits per heavy atom. The van der Waals surface area contributed by atoms with E-state index in [0.717, 1.165) is 0 Å². The van der Waals surface area contributed by atoms with E-state index in [9.17, 15) is 26.3 Å². The Morgan fingerprint density at radius 3 is 2.00 bits per heavy atom. The Morgan fingerprint density at radius 2 is 1.48 bits per heavy atom. The summed E-state index contributed by atoms with van der Waals surface area (Å²) in [7, 11) is 0. The van der Waals surface area contributed by atoms with E-state index in [1.54, 1.807) is 6.92 Å². The molecule has 0 aliphatic carbocycles. The predicted octanol–water partition coefficient (Wildman–Crippen LogP) is 4.15. The molecule has 0 spiro atoms. The summed E-state index contributed by atoms with van der Waals surface area (Å²) in [5.74, 6) is 0. The zero-order valence-corrected chi connectivity index (χ0v) is 11.7. The molecule has 0 radical (unpaired) electrons. The average Bonchev–Trinajstić information content (AvgIpc) is 2.33. The van der Waals surface area contributed by atoms with Crippen LogP contribution in [0.25, 0.3) is 0 Å². The number of alkyl halides is 6. The molecule has 0 saturated heterocycles. The zero-order chi connectivity index (χ0) is 16.6. The summed E-state index contributed by atoms with van der Waals surface area (Å²) in [6.07, 6.45) is -15.5. The van der Waals surface area contributed by atoms with Crippen LogP contribution in [-0.2, 0) is 9.47 Å². The molecule has 0 rings (SSSR count). The van der Waals surface area contributed by atoms with Crippen LogP contribution in [0.1, 0.15) is 45.4 Å². The molecule has 0 aliphatic heterocycles. The van der Waals surface area contributed by atoms with Crippen molar-refractivity contribution in [2.24, 2.45) is 0 Å². The summed E-state index contributed by atoms with van der Waals surface area (Å²) < 4.78 is 85.1. The molecule has 0 amide bonds. The van der Waals surface area contributed by atoms with Gasteiger partial charge >= 0.3 is 18.3 Å². The first-order valence-electron chi connectivity index (χ1n) is 6.66. The molecule has 1 N–H and O–H groups in total. The van der Waals surface area contributed by atoms with Crippen LogP contribution in [0, 0.1) is 0 Å². The van der Waals surface area contributed by atoms with E-state index in [-0.39, 0.29) is 32.3 Å². The molecule has 9 heteroatoms. The van der Waals surface area contributed by atoms with Gasteiger partial charge in [0.25, 0.3) is 0 Å². The first-order chi connectivity index (χ1) is 9.58. The first-order valence-corrected chi connectivity index (χ1v) is 6.66. The van der Waals surface area contributed by atoms with Crippen molar-refractivity contribution in [1.82, 2.24) is 0 Å². The lowest BCUT2D eigenvalue weighted by molar-refractivity contribution is -0.481. The highest BCUT2D eigenvalue weighted by Gasteiger charge is 2.63. The van der Waals surface area contributed by atoms with Gasteiger partial charge < -0.3 is 9.84 Å². The van der Waals surface area contributed by atoms with Crippen molar-refractivity contribution in [3.05, 3.63) is 0 Å². The van der Waals surface area contributed by atoms with Gasteiger partial charge in [0.1, 0.15) is 0 Å². The fraction of sp³-hybridized carbons (Fsp3) is 1.00. The molecule has 0 bridgehead atoms. The summed E-state index contributed by atoms with van der Waals surface area (Å²) in [4.78, 5) is 0. The zero-order valence-electron chi connectivity index (χ0n) is 11.7. The van der Waals surface area contributed by atoms with Crippen LogP contribution < -0.4 is 0 Å². The normalized spacial score (nSPS) is 13.7. The highest BCUT2D eigenvalue weighted by molar-refractivity contribution is 4.70. The summed E-state index contributed by atoms with van der Waals surface area (Å²) in [6.45, 7) is 0.702. The van der Waals surface area contributed by atoms with E-state index in [1.807, 2.05) is 0 Å². The van der Waals surface area contributed by atoms with Crippen molar-refractivity contribution in [3.63, 3.8) is 0 Å². The number of ether oxygens (including phenoxy) is 2. The standard InChI is InChI=1S/C12H20F6O3/c1-2-3-9-20-11(15,16)12(17,18)21-10(13,14)7-5-4-6-8-19/h19H,2-9H2,1H3. The lowest BCUT2D eigenvalue weighted by atomic mass is 10.2. The van der Waals surface area contributed by atoms with Gasteiger partial charge in [-0.2, -0.15) is 26.3 Å². The number of aliphatic hydroxyl groups excluding tert-OH is 1. The van der Waals surface area contributed by atoms with Crippen LogP contribution in [0.5, 0.6) is 0 Å². The SMILES string of the molecule is CCCCOC(F)(F)C(F)(F)OC(F)(F)CCCCCO. The monoisotopic (exact) mass is 326 g/mol. The number of unbranched alkanes of at least 4 members (excludes halogenated alkanes) is 3. The Labute approximate surface area is 119 Å². The molecular formula is C12H20F6O3. The van der Waals surface area contributed by atoms with E-state index >= 15 is 0 Å². The van der Waals surface area contributed by atoms with Gasteiger partial charge in [0.15, 0.2) is 0 Å². The molecular weight excluding hydrogens is 306 g/mol. The van der Waals surface area contributed by atoms with Crippen LogP contribution in [0.3, 0.4) is 0 Å². The second-order valence-corrected chi connectivity index (χ2v) is 4.51. The van der Waals surface area contributed by atoms with Crippen LogP contribution in [-0.4, -0.2) is 36.6 Å². The topological polar surface area (TPSA) is 38.7 Å². The number of halogens is 6. The van der Waals surface area contributed by atoms with E-state index in [4.69, 9.17) is 5.11 Å². The van der Waals surface area contributed by atoms with Gasteiger partial charge in [0, 0.05) is 13.0 Å². The summed E-state index contributed by atoms with van der Waals surface area (Å²) in [5, 5.41) is 8.44. The van der Waals surface area contributed by atoms with Gasteiger partial charge in [-0.1, -0.05) is 19.8 Å². The van der Waals surface area contributed by atoms with Crippen LogP contribution in [0.2, 0.25) is 0 Å². The summed E-state index contributed by atoms with van der Waals surface area (Å²) in [6, 6.07) is 0. The Hall–Kier alpha value is -0.540. The van der Waals surface area contributed by atoms with Gasteiger partial charge in [-0.3, -0.25) is 0 Å². The molecule has 0 saturated carbocycles. The Balaban J connectivity index is 4.46. The maximum absolute atomic E-state index is 13.1. The van der Waals surface area contributed by atoms with Crippen molar-refractivity contribution >= 4 is 0 Å². The molecule has 0 aliphatic rings. The summed E-state index contributed by atoms with van der Waals surface area (Å²) >= 11 is 0.